The molecule has 1 aromatic rings. The third-order valence-corrected chi connectivity index (χ3v) is 3.37. The Hall–Kier alpha value is -0.510. The molecule has 5 heteroatoms. The van der Waals surface area contributed by atoms with E-state index in [0.717, 1.165) is 19.3 Å². The van der Waals surface area contributed by atoms with Crippen LogP contribution in [-0.4, -0.2) is 17.3 Å². The molecule has 2 atom stereocenters. The molecule has 1 fully saturated rings. The van der Waals surface area contributed by atoms with Crippen molar-refractivity contribution in [3.05, 3.63) is 28.0 Å². The Morgan fingerprint density at radius 1 is 1.25 bits per heavy atom. The van der Waals surface area contributed by atoms with Crippen molar-refractivity contribution in [2.24, 2.45) is 0 Å². The van der Waals surface area contributed by atoms with Gasteiger partial charge in [-0.2, -0.15) is 0 Å². The molecule has 1 saturated carbocycles. The van der Waals surface area contributed by atoms with E-state index in [2.05, 4.69) is 5.32 Å². The fourth-order valence-corrected chi connectivity index (χ4v) is 2.45. The van der Waals surface area contributed by atoms with Gasteiger partial charge in [0, 0.05) is 5.69 Å². The third-order valence-electron chi connectivity index (χ3n) is 2.82. The van der Waals surface area contributed by atoms with E-state index in [-0.39, 0.29) is 22.2 Å². The van der Waals surface area contributed by atoms with Crippen molar-refractivity contribution in [1.82, 2.24) is 0 Å². The quantitative estimate of drug-likeness (QED) is 0.802. The number of nitrogens with one attached hydrogen (secondary N) is 1. The molecule has 1 aromatic carbocycles. The Kier molecular flexibility index (Phi) is 3.57. The average molecular weight is 264 g/mol. The summed E-state index contributed by atoms with van der Waals surface area (Å²) in [6, 6.07) is 2.96. The maximum absolute atomic E-state index is 13.2. The molecule has 1 aliphatic carbocycles. The standard InChI is InChI=1S/C11H12Cl2FNO/c12-7-4-6(5-8(13)11(7)14)15-9-2-1-3-10(9)16/h4-5,9-10,15-16H,1-3H2/t9-,10-/m0/s1. The summed E-state index contributed by atoms with van der Waals surface area (Å²) >= 11 is 11.4. The van der Waals surface area contributed by atoms with E-state index in [1.807, 2.05) is 0 Å². The minimum Gasteiger partial charge on any atom is -0.391 e. The Morgan fingerprint density at radius 2 is 1.88 bits per heavy atom. The highest BCUT2D eigenvalue weighted by molar-refractivity contribution is 6.35. The van der Waals surface area contributed by atoms with Crippen LogP contribution in [0, 0.1) is 5.82 Å². The molecule has 2 N–H and O–H groups in total. The van der Waals surface area contributed by atoms with Crippen LogP contribution in [0.5, 0.6) is 0 Å². The lowest BCUT2D eigenvalue weighted by Crippen LogP contribution is -2.27. The Labute approximate surface area is 103 Å². The minimum absolute atomic E-state index is 0.00223. The first kappa shape index (κ1) is 12.0. The molecule has 0 bridgehead atoms. The Bertz CT molecular complexity index is 377. The summed E-state index contributed by atoms with van der Waals surface area (Å²) in [5, 5.41) is 12.7. The van der Waals surface area contributed by atoms with Crippen LogP contribution in [0.25, 0.3) is 0 Å². The number of halogens is 3. The summed E-state index contributed by atoms with van der Waals surface area (Å²) in [5.41, 5.74) is 0.641. The van der Waals surface area contributed by atoms with Gasteiger partial charge in [0.25, 0.3) is 0 Å². The highest BCUT2D eigenvalue weighted by Crippen LogP contribution is 2.29. The van der Waals surface area contributed by atoms with Crippen LogP contribution < -0.4 is 5.32 Å². The second-order valence-electron chi connectivity index (χ2n) is 4.00. The van der Waals surface area contributed by atoms with E-state index in [4.69, 9.17) is 23.2 Å². The first-order valence-corrected chi connectivity index (χ1v) is 5.92. The van der Waals surface area contributed by atoms with Crippen LogP contribution in [0.4, 0.5) is 10.1 Å². The fraction of sp³-hybridized carbons (Fsp3) is 0.455. The van der Waals surface area contributed by atoms with Gasteiger partial charge in [-0.3, -0.25) is 0 Å². The number of hydrogen-bond donors (Lipinski definition) is 2. The van der Waals surface area contributed by atoms with E-state index >= 15 is 0 Å². The highest BCUT2D eigenvalue weighted by atomic mass is 35.5. The molecular formula is C11H12Cl2FNO. The number of aliphatic hydroxyl groups is 1. The van der Waals surface area contributed by atoms with Crippen molar-refractivity contribution in [2.75, 3.05) is 5.32 Å². The molecule has 0 aromatic heterocycles. The molecule has 0 heterocycles. The zero-order valence-corrected chi connectivity index (χ0v) is 10.0. The number of hydrogen-bond acceptors (Lipinski definition) is 2. The highest BCUT2D eigenvalue weighted by Gasteiger charge is 2.25. The van der Waals surface area contributed by atoms with Crippen LogP contribution in [0.15, 0.2) is 12.1 Å². The van der Waals surface area contributed by atoms with Crippen molar-refractivity contribution < 1.29 is 9.50 Å². The summed E-state index contributed by atoms with van der Waals surface area (Å²) in [4.78, 5) is 0. The summed E-state index contributed by atoms with van der Waals surface area (Å²) < 4.78 is 13.2. The van der Waals surface area contributed by atoms with Crippen molar-refractivity contribution in [3.63, 3.8) is 0 Å². The van der Waals surface area contributed by atoms with Crippen LogP contribution in [-0.2, 0) is 0 Å². The molecule has 16 heavy (non-hydrogen) atoms. The van der Waals surface area contributed by atoms with E-state index in [1.54, 1.807) is 0 Å². The van der Waals surface area contributed by atoms with Crippen molar-refractivity contribution >= 4 is 28.9 Å². The maximum atomic E-state index is 13.2. The van der Waals surface area contributed by atoms with Gasteiger partial charge >= 0.3 is 0 Å². The second-order valence-corrected chi connectivity index (χ2v) is 4.82. The molecule has 2 nitrogen and oxygen atoms in total. The smallest absolute Gasteiger partial charge is 0.160 e. The molecule has 0 saturated heterocycles. The molecule has 0 unspecified atom stereocenters. The van der Waals surface area contributed by atoms with Gasteiger partial charge in [-0.25, -0.2) is 4.39 Å². The summed E-state index contributed by atoms with van der Waals surface area (Å²) in [7, 11) is 0. The number of benzene rings is 1. The van der Waals surface area contributed by atoms with Gasteiger partial charge < -0.3 is 10.4 Å². The Balaban J connectivity index is 2.15. The van der Waals surface area contributed by atoms with Gasteiger partial charge in [-0.1, -0.05) is 23.2 Å². The fourth-order valence-electron chi connectivity index (χ4n) is 1.96. The topological polar surface area (TPSA) is 32.3 Å². The van der Waals surface area contributed by atoms with E-state index in [1.165, 1.54) is 12.1 Å². The first-order valence-electron chi connectivity index (χ1n) is 5.17. The van der Waals surface area contributed by atoms with Crippen molar-refractivity contribution in [2.45, 2.75) is 31.4 Å². The van der Waals surface area contributed by atoms with Crippen LogP contribution in [0.1, 0.15) is 19.3 Å². The monoisotopic (exact) mass is 263 g/mol. The lowest BCUT2D eigenvalue weighted by molar-refractivity contribution is 0.172. The van der Waals surface area contributed by atoms with Gasteiger partial charge in [-0.15, -0.1) is 0 Å². The van der Waals surface area contributed by atoms with Gasteiger partial charge in [-0.05, 0) is 31.4 Å². The zero-order chi connectivity index (χ0) is 11.7. The number of aliphatic hydroxyl groups excluding tert-OH is 1. The molecule has 0 radical (unpaired) electrons. The van der Waals surface area contributed by atoms with Gasteiger partial charge in [0.2, 0.25) is 0 Å². The van der Waals surface area contributed by atoms with Crippen LogP contribution in [0.2, 0.25) is 10.0 Å². The van der Waals surface area contributed by atoms with Gasteiger partial charge in [0.1, 0.15) is 0 Å². The van der Waals surface area contributed by atoms with E-state index < -0.39 is 5.82 Å². The average Bonchev–Trinajstić information content (AvgIpc) is 2.61. The SMILES string of the molecule is O[C@H]1CCC[C@@H]1Nc1cc(Cl)c(F)c(Cl)c1. The van der Waals surface area contributed by atoms with Gasteiger partial charge in [0.15, 0.2) is 5.82 Å². The lowest BCUT2D eigenvalue weighted by atomic mass is 10.2. The lowest BCUT2D eigenvalue weighted by Gasteiger charge is -2.18. The molecule has 0 amide bonds. The molecular weight excluding hydrogens is 252 g/mol. The maximum Gasteiger partial charge on any atom is 0.160 e. The molecule has 1 aliphatic rings. The predicted molar refractivity (Wildman–Crippen MR) is 63.7 cm³/mol. The molecule has 0 spiro atoms. The summed E-state index contributed by atoms with van der Waals surface area (Å²) in [6.45, 7) is 0. The second kappa shape index (κ2) is 4.78. The first-order chi connectivity index (χ1) is 7.58. The predicted octanol–water partition coefficient (Wildman–Crippen LogP) is 3.46. The van der Waals surface area contributed by atoms with Gasteiger partial charge in [0.05, 0.1) is 22.2 Å². The largest absolute Gasteiger partial charge is 0.391 e. The van der Waals surface area contributed by atoms with Crippen LogP contribution in [0.3, 0.4) is 0 Å². The molecule has 2 rings (SSSR count). The van der Waals surface area contributed by atoms with E-state index in [0.29, 0.717) is 5.69 Å². The van der Waals surface area contributed by atoms with Crippen LogP contribution >= 0.6 is 23.2 Å². The summed E-state index contributed by atoms with van der Waals surface area (Å²) in [5.74, 6) is -0.610. The Morgan fingerprint density at radius 3 is 2.38 bits per heavy atom. The summed E-state index contributed by atoms with van der Waals surface area (Å²) in [6.07, 6.45) is 2.32. The minimum atomic E-state index is -0.610. The van der Waals surface area contributed by atoms with E-state index in [9.17, 15) is 9.50 Å². The third kappa shape index (κ3) is 2.42. The molecule has 88 valence electrons. The van der Waals surface area contributed by atoms with Crippen molar-refractivity contribution in [3.8, 4) is 0 Å². The number of anilines is 1. The molecule has 0 aliphatic heterocycles. The zero-order valence-electron chi connectivity index (χ0n) is 8.51. The normalized spacial score (nSPS) is 24.8. The number of rotatable bonds is 2. The van der Waals surface area contributed by atoms with Crippen molar-refractivity contribution in [1.29, 1.82) is 0 Å².